The Kier molecular flexibility index (Phi) is 2.02. The first-order valence-corrected chi connectivity index (χ1v) is 5.22. The van der Waals surface area contributed by atoms with Crippen LogP contribution in [0.15, 0.2) is 0 Å². The lowest BCUT2D eigenvalue weighted by molar-refractivity contribution is 0.530. The second-order valence-corrected chi connectivity index (χ2v) is 4.30. The predicted octanol–water partition coefficient (Wildman–Crippen LogP) is 1.64. The zero-order chi connectivity index (χ0) is 8.72. The van der Waals surface area contributed by atoms with Crippen molar-refractivity contribution in [3.8, 4) is 0 Å². The Bertz CT molecular complexity index is 305. The average Bonchev–Trinajstić information content (AvgIpc) is 2.29. The molecule has 0 saturated carbocycles. The van der Waals surface area contributed by atoms with Crippen molar-refractivity contribution in [2.45, 2.75) is 19.9 Å². The number of aryl methyl sites for hydroxylation is 2. The molecule has 0 fully saturated rings. The van der Waals surface area contributed by atoms with E-state index >= 15 is 0 Å². The molecule has 0 saturated heterocycles. The minimum Gasteiger partial charge on any atom is -0.359 e. The Balaban J connectivity index is 2.54. The molecule has 0 radical (unpaired) electrons. The van der Waals surface area contributed by atoms with Gasteiger partial charge in [-0.15, -0.1) is 0 Å². The summed E-state index contributed by atoms with van der Waals surface area (Å²) < 4.78 is 3.41. The van der Waals surface area contributed by atoms with E-state index in [9.17, 15) is 0 Å². The number of hydrogen-bond donors (Lipinski definition) is 0. The summed E-state index contributed by atoms with van der Waals surface area (Å²) in [6.45, 7) is 4.30. The highest BCUT2D eigenvalue weighted by Gasteiger charge is 2.19. The molecular formula is C8H12IN3. The molecule has 0 atom stereocenters. The molecule has 12 heavy (non-hydrogen) atoms. The van der Waals surface area contributed by atoms with E-state index in [1.54, 1.807) is 0 Å². The second-order valence-electron chi connectivity index (χ2n) is 3.22. The van der Waals surface area contributed by atoms with E-state index in [1.165, 1.54) is 15.8 Å². The van der Waals surface area contributed by atoms with Crippen molar-refractivity contribution >= 4 is 28.4 Å². The fourth-order valence-electron chi connectivity index (χ4n) is 1.63. The number of aromatic nitrogens is 2. The summed E-state index contributed by atoms with van der Waals surface area (Å²) in [6, 6.07) is 0. The Morgan fingerprint density at radius 2 is 2.17 bits per heavy atom. The van der Waals surface area contributed by atoms with Crippen molar-refractivity contribution in [1.29, 1.82) is 0 Å². The molecule has 0 N–H and O–H groups in total. The molecule has 2 rings (SSSR count). The molecule has 0 amide bonds. The van der Waals surface area contributed by atoms with Gasteiger partial charge in [0.15, 0.2) is 0 Å². The van der Waals surface area contributed by atoms with E-state index in [2.05, 4.69) is 51.2 Å². The molecular weight excluding hydrogens is 265 g/mol. The van der Waals surface area contributed by atoms with Gasteiger partial charge in [-0.1, -0.05) is 0 Å². The maximum atomic E-state index is 4.47. The van der Waals surface area contributed by atoms with Crippen molar-refractivity contribution in [2.75, 3.05) is 18.5 Å². The van der Waals surface area contributed by atoms with Crippen LogP contribution in [-0.4, -0.2) is 23.4 Å². The summed E-state index contributed by atoms with van der Waals surface area (Å²) in [5.74, 6) is 1.29. The monoisotopic (exact) mass is 277 g/mol. The van der Waals surface area contributed by atoms with E-state index in [0.29, 0.717) is 0 Å². The Morgan fingerprint density at radius 1 is 1.42 bits per heavy atom. The van der Waals surface area contributed by atoms with Gasteiger partial charge in [-0.25, -0.2) is 4.68 Å². The summed E-state index contributed by atoms with van der Waals surface area (Å²) in [4.78, 5) is 2.28. The highest BCUT2D eigenvalue weighted by Crippen LogP contribution is 2.27. The largest absolute Gasteiger partial charge is 0.359 e. The number of anilines is 1. The molecule has 0 aromatic carbocycles. The fourth-order valence-corrected chi connectivity index (χ4v) is 2.43. The van der Waals surface area contributed by atoms with Crippen molar-refractivity contribution in [3.05, 3.63) is 9.26 Å². The number of fused-ring (bicyclic) bond motifs is 1. The second kappa shape index (κ2) is 2.90. The van der Waals surface area contributed by atoms with E-state index in [0.717, 1.165) is 18.8 Å². The smallest absolute Gasteiger partial charge is 0.140 e. The predicted molar refractivity (Wildman–Crippen MR) is 57.6 cm³/mol. The van der Waals surface area contributed by atoms with Gasteiger partial charge in [0, 0.05) is 20.1 Å². The molecule has 3 nitrogen and oxygen atoms in total. The molecule has 1 aliphatic rings. The van der Waals surface area contributed by atoms with Crippen LogP contribution in [0.4, 0.5) is 5.82 Å². The average molecular weight is 277 g/mol. The van der Waals surface area contributed by atoms with Crippen LogP contribution in [0.5, 0.6) is 0 Å². The summed E-state index contributed by atoms with van der Waals surface area (Å²) in [5, 5.41) is 4.47. The van der Waals surface area contributed by atoms with Gasteiger partial charge in [-0.05, 0) is 35.9 Å². The third-order valence-corrected chi connectivity index (χ3v) is 3.52. The molecule has 2 heterocycles. The maximum Gasteiger partial charge on any atom is 0.140 e. The first kappa shape index (κ1) is 8.34. The number of hydrogen-bond acceptors (Lipinski definition) is 2. The Hall–Kier alpha value is -0.260. The zero-order valence-electron chi connectivity index (χ0n) is 7.34. The molecule has 0 unspecified atom stereocenters. The molecule has 0 aliphatic carbocycles. The molecule has 1 aromatic heterocycles. The van der Waals surface area contributed by atoms with Crippen LogP contribution >= 0.6 is 22.6 Å². The molecule has 1 aromatic rings. The molecule has 0 spiro atoms. The fraction of sp³-hybridized carbons (Fsp3) is 0.625. The van der Waals surface area contributed by atoms with Gasteiger partial charge >= 0.3 is 0 Å². The van der Waals surface area contributed by atoms with Crippen LogP contribution in [0.25, 0.3) is 0 Å². The van der Waals surface area contributed by atoms with Gasteiger partial charge in [-0.2, -0.15) is 5.10 Å². The van der Waals surface area contributed by atoms with E-state index in [-0.39, 0.29) is 0 Å². The quantitative estimate of drug-likeness (QED) is 0.672. The Labute approximate surface area is 85.9 Å². The van der Waals surface area contributed by atoms with Crippen LogP contribution in [0, 0.1) is 10.5 Å². The van der Waals surface area contributed by atoms with Gasteiger partial charge in [0.05, 0.1) is 9.26 Å². The van der Waals surface area contributed by atoms with Crippen LogP contribution < -0.4 is 4.90 Å². The van der Waals surface area contributed by atoms with Crippen molar-refractivity contribution < 1.29 is 0 Å². The third-order valence-electron chi connectivity index (χ3n) is 2.25. The van der Waals surface area contributed by atoms with Crippen LogP contribution in [0.3, 0.4) is 0 Å². The van der Waals surface area contributed by atoms with Gasteiger partial charge < -0.3 is 4.90 Å². The standard InChI is InChI=1S/C8H12IN3/c1-6-7(9)8-11(2)4-3-5-12(8)10-6/h3-5H2,1-2H3. The molecule has 1 aliphatic heterocycles. The van der Waals surface area contributed by atoms with E-state index in [1.807, 2.05) is 0 Å². The van der Waals surface area contributed by atoms with Gasteiger partial charge in [0.2, 0.25) is 0 Å². The number of rotatable bonds is 0. The normalized spacial score (nSPS) is 16.4. The van der Waals surface area contributed by atoms with E-state index < -0.39 is 0 Å². The van der Waals surface area contributed by atoms with Gasteiger partial charge in [0.25, 0.3) is 0 Å². The van der Waals surface area contributed by atoms with Crippen molar-refractivity contribution in [2.24, 2.45) is 0 Å². The molecule has 0 bridgehead atoms. The molecule has 4 heteroatoms. The van der Waals surface area contributed by atoms with Crippen molar-refractivity contribution in [3.63, 3.8) is 0 Å². The topological polar surface area (TPSA) is 21.1 Å². The van der Waals surface area contributed by atoms with Crippen molar-refractivity contribution in [1.82, 2.24) is 9.78 Å². The third kappa shape index (κ3) is 1.12. The van der Waals surface area contributed by atoms with Crippen LogP contribution in [0.2, 0.25) is 0 Å². The number of halogens is 1. The SMILES string of the molecule is Cc1nn2c(c1I)N(C)CCC2. The minimum absolute atomic E-state index is 1.07. The lowest BCUT2D eigenvalue weighted by atomic mass is 10.3. The highest BCUT2D eigenvalue weighted by molar-refractivity contribution is 14.1. The Morgan fingerprint density at radius 3 is 2.83 bits per heavy atom. The van der Waals surface area contributed by atoms with E-state index in [4.69, 9.17) is 0 Å². The van der Waals surface area contributed by atoms with Gasteiger partial charge in [0.1, 0.15) is 5.82 Å². The lowest BCUT2D eigenvalue weighted by Gasteiger charge is -2.25. The maximum absolute atomic E-state index is 4.47. The summed E-state index contributed by atoms with van der Waals surface area (Å²) >= 11 is 2.37. The number of nitrogens with zero attached hydrogens (tertiary/aromatic N) is 3. The first-order valence-electron chi connectivity index (χ1n) is 4.14. The minimum atomic E-state index is 1.07. The first-order chi connectivity index (χ1) is 5.70. The van der Waals surface area contributed by atoms with Crippen LogP contribution in [0.1, 0.15) is 12.1 Å². The summed E-state index contributed by atoms with van der Waals surface area (Å²) in [5.41, 5.74) is 1.15. The molecule has 66 valence electrons. The van der Waals surface area contributed by atoms with Gasteiger partial charge in [-0.3, -0.25) is 0 Å². The van der Waals surface area contributed by atoms with Crippen LogP contribution in [-0.2, 0) is 6.54 Å². The highest BCUT2D eigenvalue weighted by atomic mass is 127. The lowest BCUT2D eigenvalue weighted by Crippen LogP contribution is -2.28. The summed E-state index contributed by atoms with van der Waals surface area (Å²) in [7, 11) is 2.13. The summed E-state index contributed by atoms with van der Waals surface area (Å²) in [6.07, 6.45) is 1.21. The zero-order valence-corrected chi connectivity index (χ0v) is 9.50.